The molecule has 3 aromatic rings. The van der Waals surface area contributed by atoms with Crippen LogP contribution in [-0.2, 0) is 10.3 Å². The van der Waals surface area contributed by atoms with E-state index in [0.717, 1.165) is 27.8 Å². The van der Waals surface area contributed by atoms with Gasteiger partial charge in [-0.25, -0.2) is 0 Å². The molecule has 4 rings (SSSR count). The summed E-state index contributed by atoms with van der Waals surface area (Å²) in [4.78, 5) is 13.7. The molecule has 0 bridgehead atoms. The van der Waals surface area contributed by atoms with Gasteiger partial charge < -0.3 is 11.1 Å². The van der Waals surface area contributed by atoms with Gasteiger partial charge in [0.2, 0.25) is 5.91 Å². The maximum Gasteiger partial charge on any atom is 0.231 e. The topological polar surface area (TPSA) is 82.2 Å². The molecule has 132 valence electrons. The first-order chi connectivity index (χ1) is 12.4. The van der Waals surface area contributed by atoms with Crippen LogP contribution < -0.4 is 11.1 Å². The lowest BCUT2D eigenvalue weighted by molar-refractivity contribution is -0.129. The molecule has 1 saturated heterocycles. The van der Waals surface area contributed by atoms with Crippen molar-refractivity contribution in [2.75, 3.05) is 12.8 Å². The van der Waals surface area contributed by atoms with Gasteiger partial charge in [0.15, 0.2) is 5.96 Å². The molecule has 2 aromatic carbocycles. The van der Waals surface area contributed by atoms with Gasteiger partial charge in [-0.15, -0.1) is 11.3 Å². The van der Waals surface area contributed by atoms with Gasteiger partial charge in [0.05, 0.1) is 12.0 Å². The zero-order chi connectivity index (χ0) is 18.5. The van der Waals surface area contributed by atoms with Crippen molar-refractivity contribution >= 4 is 39.0 Å². The molecule has 1 atom stereocenters. The number of fused-ring (bicyclic) bond motifs is 1. The average molecular weight is 364 g/mol. The summed E-state index contributed by atoms with van der Waals surface area (Å²) < 4.78 is 1.21. The molecule has 5 nitrogen and oxygen atoms in total. The van der Waals surface area contributed by atoms with Gasteiger partial charge in [-0.2, -0.15) is 0 Å². The lowest BCUT2D eigenvalue weighted by Gasteiger charge is -2.39. The molecule has 0 spiro atoms. The van der Waals surface area contributed by atoms with E-state index < -0.39 is 5.54 Å². The Hall–Kier alpha value is -2.86. The molecule has 1 amide bonds. The average Bonchev–Trinajstić information content (AvgIpc) is 3.08. The number of benzene rings is 2. The number of rotatable bonds is 2. The van der Waals surface area contributed by atoms with Crippen molar-refractivity contribution in [1.82, 2.24) is 10.2 Å². The number of amides is 1. The second kappa shape index (κ2) is 5.85. The fourth-order valence-corrected chi connectivity index (χ4v) is 4.30. The molecule has 0 saturated carbocycles. The highest BCUT2D eigenvalue weighted by atomic mass is 32.1. The first-order valence-corrected chi connectivity index (χ1v) is 9.26. The van der Waals surface area contributed by atoms with Crippen LogP contribution in [0.3, 0.4) is 0 Å². The second-order valence-corrected chi connectivity index (χ2v) is 7.84. The van der Waals surface area contributed by atoms with Crippen LogP contribution in [0.5, 0.6) is 0 Å². The van der Waals surface area contributed by atoms with E-state index in [1.807, 2.05) is 31.2 Å². The fraction of sp³-hybridized carbons (Fsp3) is 0.200. The molecule has 0 unspecified atom stereocenters. The Labute approximate surface area is 155 Å². The van der Waals surface area contributed by atoms with Crippen LogP contribution in [0.25, 0.3) is 21.2 Å². The summed E-state index contributed by atoms with van der Waals surface area (Å²) >= 11 is 1.70. The van der Waals surface area contributed by atoms with E-state index >= 15 is 0 Å². The summed E-state index contributed by atoms with van der Waals surface area (Å²) in [5.74, 6) is 0.0684. The number of hydrogen-bond acceptors (Lipinski definition) is 4. The Kier molecular flexibility index (Phi) is 3.73. The van der Waals surface area contributed by atoms with Crippen molar-refractivity contribution in [3.05, 3.63) is 53.4 Å². The van der Waals surface area contributed by atoms with E-state index in [1.165, 1.54) is 9.60 Å². The number of nitrogens with one attached hydrogen (secondary N) is 2. The van der Waals surface area contributed by atoms with Crippen molar-refractivity contribution < 1.29 is 4.79 Å². The Morgan fingerprint density at radius 3 is 2.65 bits per heavy atom. The van der Waals surface area contributed by atoms with Crippen molar-refractivity contribution in [2.24, 2.45) is 0 Å². The standard InChI is InChI=1S/C20H20N4OS/c1-20(11-17(25)24(2)19(22)23-20)14-9-13-7-8-26-18(13)16(10-14)12-3-5-15(21)6-4-12/h3-10H,11,21H2,1-2H3,(H2,22,23)/t20-/m0/s1. The molecular formula is C20H20N4OS. The van der Waals surface area contributed by atoms with Crippen LogP contribution in [0.2, 0.25) is 0 Å². The number of carbonyl (C=O) groups is 1. The maximum atomic E-state index is 12.3. The minimum atomic E-state index is -0.612. The molecule has 26 heavy (non-hydrogen) atoms. The minimum Gasteiger partial charge on any atom is -0.399 e. The Balaban J connectivity index is 1.88. The van der Waals surface area contributed by atoms with E-state index in [1.54, 1.807) is 18.4 Å². The van der Waals surface area contributed by atoms with Gasteiger partial charge >= 0.3 is 0 Å². The normalized spacial score (nSPS) is 20.5. The van der Waals surface area contributed by atoms with Gasteiger partial charge in [-0.1, -0.05) is 12.1 Å². The summed E-state index contributed by atoms with van der Waals surface area (Å²) in [6.45, 7) is 1.98. The highest BCUT2D eigenvalue weighted by Gasteiger charge is 2.38. The number of guanidine groups is 1. The molecule has 1 aliphatic heterocycles. The maximum absolute atomic E-state index is 12.3. The third-order valence-electron chi connectivity index (χ3n) is 5.02. The SMILES string of the molecule is CN1C(=N)N[C@](C)(c2cc(-c3ccc(N)cc3)c3sccc3c2)CC1=O. The Bertz CT molecular complexity index is 1000. The molecule has 6 heteroatoms. The van der Waals surface area contributed by atoms with Crippen molar-refractivity contribution in [3.63, 3.8) is 0 Å². The summed E-state index contributed by atoms with van der Waals surface area (Å²) in [7, 11) is 1.62. The molecule has 0 radical (unpaired) electrons. The predicted molar refractivity (Wildman–Crippen MR) is 107 cm³/mol. The van der Waals surface area contributed by atoms with Crippen LogP contribution in [0.1, 0.15) is 18.9 Å². The van der Waals surface area contributed by atoms with Crippen LogP contribution in [0.15, 0.2) is 47.8 Å². The van der Waals surface area contributed by atoms with E-state index in [0.29, 0.717) is 6.42 Å². The third-order valence-corrected chi connectivity index (χ3v) is 5.98. The number of nitrogens with zero attached hydrogens (tertiary/aromatic N) is 1. The predicted octanol–water partition coefficient (Wildman–Crippen LogP) is 3.75. The first kappa shape index (κ1) is 16.6. The molecule has 1 fully saturated rings. The highest BCUT2D eigenvalue weighted by Crippen LogP contribution is 2.38. The fourth-order valence-electron chi connectivity index (χ4n) is 3.39. The summed E-state index contributed by atoms with van der Waals surface area (Å²) in [6, 6.07) is 14.2. The lowest BCUT2D eigenvalue weighted by atomic mass is 9.84. The molecule has 1 aliphatic rings. The van der Waals surface area contributed by atoms with Gasteiger partial charge in [0.25, 0.3) is 0 Å². The van der Waals surface area contributed by atoms with Gasteiger partial charge in [0, 0.05) is 17.4 Å². The number of nitrogens with two attached hydrogens (primary N) is 1. The van der Waals surface area contributed by atoms with Crippen molar-refractivity contribution in [1.29, 1.82) is 5.41 Å². The largest absolute Gasteiger partial charge is 0.399 e. The number of nitrogen functional groups attached to an aromatic ring is 1. The number of thiophene rings is 1. The minimum absolute atomic E-state index is 0.0595. The van der Waals surface area contributed by atoms with Crippen LogP contribution in [0.4, 0.5) is 5.69 Å². The third kappa shape index (κ3) is 2.63. The zero-order valence-corrected chi connectivity index (χ0v) is 15.5. The van der Waals surface area contributed by atoms with Crippen LogP contribution >= 0.6 is 11.3 Å². The quantitative estimate of drug-likeness (QED) is 0.606. The van der Waals surface area contributed by atoms with Crippen LogP contribution in [0, 0.1) is 5.41 Å². The summed E-state index contributed by atoms with van der Waals surface area (Å²) in [5, 5.41) is 14.5. The summed E-state index contributed by atoms with van der Waals surface area (Å²) in [5.41, 5.74) is 9.17. The van der Waals surface area contributed by atoms with E-state index in [4.69, 9.17) is 11.1 Å². The number of hydrogen-bond donors (Lipinski definition) is 3. The second-order valence-electron chi connectivity index (χ2n) is 6.92. The van der Waals surface area contributed by atoms with E-state index in [-0.39, 0.29) is 11.9 Å². The monoisotopic (exact) mass is 364 g/mol. The summed E-state index contributed by atoms with van der Waals surface area (Å²) in [6.07, 6.45) is 0.308. The van der Waals surface area contributed by atoms with E-state index in [9.17, 15) is 4.79 Å². The number of anilines is 1. The molecule has 4 N–H and O–H groups in total. The Morgan fingerprint density at radius 1 is 1.23 bits per heavy atom. The smallest absolute Gasteiger partial charge is 0.231 e. The highest BCUT2D eigenvalue weighted by molar-refractivity contribution is 7.17. The van der Waals surface area contributed by atoms with Gasteiger partial charge in [0.1, 0.15) is 0 Å². The molecule has 1 aromatic heterocycles. The van der Waals surface area contributed by atoms with Crippen LogP contribution in [-0.4, -0.2) is 23.8 Å². The zero-order valence-electron chi connectivity index (χ0n) is 14.7. The van der Waals surface area contributed by atoms with Crippen molar-refractivity contribution in [2.45, 2.75) is 18.9 Å². The Morgan fingerprint density at radius 2 is 1.96 bits per heavy atom. The lowest BCUT2D eigenvalue weighted by Crippen LogP contribution is -2.58. The number of carbonyl (C=O) groups excluding carboxylic acids is 1. The first-order valence-electron chi connectivity index (χ1n) is 8.38. The molecule has 2 heterocycles. The van der Waals surface area contributed by atoms with E-state index in [2.05, 4.69) is 28.9 Å². The van der Waals surface area contributed by atoms with Crippen molar-refractivity contribution in [3.8, 4) is 11.1 Å². The molecular weight excluding hydrogens is 344 g/mol. The van der Waals surface area contributed by atoms with Gasteiger partial charge in [-0.3, -0.25) is 15.1 Å². The molecule has 0 aliphatic carbocycles. The van der Waals surface area contributed by atoms with Gasteiger partial charge in [-0.05, 0) is 64.7 Å².